The second-order valence-electron chi connectivity index (χ2n) is 7.87. The lowest BCUT2D eigenvalue weighted by Crippen LogP contribution is -2.53. The predicted octanol–water partition coefficient (Wildman–Crippen LogP) is 0.504. The van der Waals surface area contributed by atoms with E-state index in [4.69, 9.17) is 15.8 Å². The Morgan fingerprint density at radius 1 is 1.24 bits per heavy atom. The number of nitrogens with two attached hydrogens (primary N) is 1. The van der Waals surface area contributed by atoms with Gasteiger partial charge in [-0.3, -0.25) is 10.2 Å². The summed E-state index contributed by atoms with van der Waals surface area (Å²) in [5, 5.41) is 32.4. The number of carboxylic acid groups (broad SMARTS) is 1. The molecule has 29 heavy (non-hydrogen) atoms. The summed E-state index contributed by atoms with van der Waals surface area (Å²) in [5.74, 6) is -0.975. The Kier molecular flexibility index (Phi) is 6.63. The maximum absolute atomic E-state index is 12.5. The van der Waals surface area contributed by atoms with Gasteiger partial charge in [-0.1, -0.05) is 12.1 Å². The van der Waals surface area contributed by atoms with E-state index in [0.717, 1.165) is 25.7 Å². The molecule has 10 heteroatoms. The van der Waals surface area contributed by atoms with Crippen molar-refractivity contribution in [2.75, 3.05) is 6.54 Å². The third-order valence-corrected chi connectivity index (χ3v) is 5.72. The summed E-state index contributed by atoms with van der Waals surface area (Å²) in [6, 6.07) is 4.79. The van der Waals surface area contributed by atoms with E-state index in [2.05, 4.69) is 10.6 Å². The molecule has 1 fully saturated rings. The van der Waals surface area contributed by atoms with Crippen molar-refractivity contribution in [2.45, 2.75) is 44.5 Å². The number of benzene rings is 1. The number of carbonyl (C=O) groups is 2. The second-order valence-corrected chi connectivity index (χ2v) is 7.87. The normalized spacial score (nSPS) is 23.5. The van der Waals surface area contributed by atoms with Crippen LogP contribution in [-0.4, -0.2) is 47.6 Å². The molecule has 7 N–H and O–H groups in total. The zero-order valence-electron chi connectivity index (χ0n) is 16.2. The molecule has 1 atom stereocenters. The lowest BCUT2D eigenvalue weighted by Gasteiger charge is -2.31. The Bertz CT molecular complexity index is 782. The number of hydrogen-bond donors (Lipinski definition) is 6. The number of nitrogens with one attached hydrogen (secondary N) is 3. The quantitative estimate of drug-likeness (QED) is 0.230. The molecule has 3 rings (SSSR count). The summed E-state index contributed by atoms with van der Waals surface area (Å²) in [6.45, 7) is 0.692. The van der Waals surface area contributed by atoms with E-state index in [9.17, 15) is 19.7 Å². The number of fused-ring (bicyclic) bond motifs is 1. The third-order valence-electron chi connectivity index (χ3n) is 5.72. The Morgan fingerprint density at radius 2 is 1.93 bits per heavy atom. The second kappa shape index (κ2) is 9.17. The Hall–Kier alpha value is -2.75. The maximum Gasteiger partial charge on any atom is 0.547 e. The minimum Gasteiger partial charge on any atom is -0.534 e. The van der Waals surface area contributed by atoms with E-state index in [1.54, 1.807) is 12.1 Å². The van der Waals surface area contributed by atoms with Gasteiger partial charge in [0.1, 0.15) is 5.75 Å². The van der Waals surface area contributed by atoms with Crippen LogP contribution in [0.15, 0.2) is 18.2 Å². The molecule has 1 saturated carbocycles. The van der Waals surface area contributed by atoms with Gasteiger partial charge in [0.15, 0.2) is 5.96 Å². The van der Waals surface area contributed by atoms with E-state index in [0.29, 0.717) is 30.9 Å². The molecule has 1 aliphatic heterocycles. The molecule has 0 bridgehead atoms. The average molecular weight is 402 g/mol. The molecule has 0 unspecified atom stereocenters. The summed E-state index contributed by atoms with van der Waals surface area (Å²) >= 11 is 0. The van der Waals surface area contributed by atoms with Crippen LogP contribution in [0.5, 0.6) is 5.75 Å². The van der Waals surface area contributed by atoms with Gasteiger partial charge in [0, 0.05) is 13.0 Å². The van der Waals surface area contributed by atoms with Crippen molar-refractivity contribution in [1.29, 1.82) is 5.41 Å². The first kappa shape index (κ1) is 21.0. The zero-order chi connectivity index (χ0) is 21.0. The van der Waals surface area contributed by atoms with Gasteiger partial charge in [0.2, 0.25) is 5.91 Å². The maximum atomic E-state index is 12.5. The first-order valence-corrected chi connectivity index (χ1v) is 9.90. The largest absolute Gasteiger partial charge is 0.547 e. The van der Waals surface area contributed by atoms with E-state index in [1.807, 2.05) is 0 Å². The van der Waals surface area contributed by atoms with Crippen LogP contribution in [0.2, 0.25) is 0 Å². The first-order chi connectivity index (χ1) is 13.8. The van der Waals surface area contributed by atoms with Crippen LogP contribution in [0.25, 0.3) is 0 Å². The SMILES string of the molecule is N=C(N)NC[C@H]1CC[C@H](CC(=O)N[C@H]2Cc3cccc(C(=O)O)c3OB2O)CC1. The summed E-state index contributed by atoms with van der Waals surface area (Å²) in [4.78, 5) is 23.8. The molecule has 0 radical (unpaired) electrons. The van der Waals surface area contributed by atoms with Crippen LogP contribution in [0.4, 0.5) is 0 Å². The molecular weight excluding hydrogens is 375 g/mol. The number of carboxylic acids is 1. The summed E-state index contributed by atoms with van der Waals surface area (Å²) < 4.78 is 5.41. The van der Waals surface area contributed by atoms with Gasteiger partial charge < -0.3 is 31.2 Å². The fourth-order valence-electron chi connectivity index (χ4n) is 4.14. The number of amides is 1. The summed E-state index contributed by atoms with van der Waals surface area (Å²) in [7, 11) is -1.29. The molecule has 1 aliphatic carbocycles. The van der Waals surface area contributed by atoms with Crippen molar-refractivity contribution in [3.05, 3.63) is 29.3 Å². The lowest BCUT2D eigenvalue weighted by molar-refractivity contribution is -0.122. The fraction of sp³-hybridized carbons (Fsp3) is 0.526. The molecule has 0 spiro atoms. The number of aromatic carboxylic acids is 1. The smallest absolute Gasteiger partial charge is 0.534 e. The van der Waals surface area contributed by atoms with Gasteiger partial charge in [-0.15, -0.1) is 0 Å². The Balaban J connectivity index is 1.50. The number of guanidine groups is 1. The molecular formula is C19H27BN4O5. The predicted molar refractivity (Wildman–Crippen MR) is 108 cm³/mol. The molecule has 9 nitrogen and oxygen atoms in total. The molecule has 0 aromatic heterocycles. The van der Waals surface area contributed by atoms with Crippen molar-refractivity contribution in [3.8, 4) is 5.75 Å². The minimum absolute atomic E-state index is 0.00218. The molecule has 0 saturated heterocycles. The lowest BCUT2D eigenvalue weighted by atomic mass is 9.72. The Labute approximate surface area is 169 Å². The number of para-hydroxylation sites is 1. The van der Waals surface area contributed by atoms with E-state index in [-0.39, 0.29) is 29.1 Å². The van der Waals surface area contributed by atoms with Gasteiger partial charge in [0.25, 0.3) is 0 Å². The number of hydrogen-bond acceptors (Lipinski definition) is 5. The van der Waals surface area contributed by atoms with E-state index in [1.165, 1.54) is 6.07 Å². The summed E-state index contributed by atoms with van der Waals surface area (Å²) in [5.41, 5.74) is 5.97. The number of carbonyl (C=O) groups excluding carboxylic acids is 1. The Morgan fingerprint density at radius 3 is 2.59 bits per heavy atom. The minimum atomic E-state index is -1.29. The first-order valence-electron chi connectivity index (χ1n) is 9.90. The highest BCUT2D eigenvalue weighted by molar-refractivity contribution is 6.47. The third kappa shape index (κ3) is 5.41. The van der Waals surface area contributed by atoms with Crippen LogP contribution in [0.3, 0.4) is 0 Å². The van der Waals surface area contributed by atoms with Crippen LogP contribution in [0.1, 0.15) is 48.0 Å². The van der Waals surface area contributed by atoms with Crippen LogP contribution >= 0.6 is 0 Å². The van der Waals surface area contributed by atoms with Gasteiger partial charge in [0.05, 0.1) is 11.5 Å². The molecule has 2 aliphatic rings. The van der Waals surface area contributed by atoms with Crippen LogP contribution < -0.4 is 21.0 Å². The van der Waals surface area contributed by atoms with Gasteiger partial charge >= 0.3 is 13.1 Å². The van der Waals surface area contributed by atoms with Crippen molar-refractivity contribution >= 4 is 25.0 Å². The molecule has 1 aromatic carbocycles. The van der Waals surface area contributed by atoms with Crippen molar-refractivity contribution in [2.24, 2.45) is 17.6 Å². The van der Waals surface area contributed by atoms with E-state index >= 15 is 0 Å². The highest BCUT2D eigenvalue weighted by atomic mass is 16.5. The van der Waals surface area contributed by atoms with Crippen molar-refractivity contribution < 1.29 is 24.4 Å². The standard InChI is InChI=1S/C19H27BN4O5/c21-19(22)23-10-12-6-4-11(5-7-12)8-16(25)24-15-9-13-2-1-3-14(18(26)27)17(13)29-20(15)28/h1-3,11-12,15,28H,4-10H2,(H,24,25)(H,26,27)(H4,21,22,23)/t11-,12-,15-/m0/s1. The van der Waals surface area contributed by atoms with Gasteiger partial charge in [-0.25, -0.2) is 4.79 Å². The summed E-state index contributed by atoms with van der Waals surface area (Å²) in [6.07, 6.45) is 4.54. The number of rotatable bonds is 6. The molecule has 1 amide bonds. The fourth-order valence-corrected chi connectivity index (χ4v) is 4.14. The monoisotopic (exact) mass is 402 g/mol. The molecule has 1 heterocycles. The van der Waals surface area contributed by atoms with Crippen molar-refractivity contribution in [3.63, 3.8) is 0 Å². The highest BCUT2D eigenvalue weighted by Gasteiger charge is 2.38. The van der Waals surface area contributed by atoms with Crippen LogP contribution in [0, 0.1) is 17.2 Å². The highest BCUT2D eigenvalue weighted by Crippen LogP contribution is 2.32. The average Bonchev–Trinajstić information content (AvgIpc) is 2.67. The zero-order valence-corrected chi connectivity index (χ0v) is 16.2. The molecule has 156 valence electrons. The molecule has 1 aromatic rings. The topological polar surface area (TPSA) is 158 Å². The van der Waals surface area contributed by atoms with Gasteiger partial charge in [-0.2, -0.15) is 0 Å². The van der Waals surface area contributed by atoms with Crippen LogP contribution in [-0.2, 0) is 11.2 Å². The van der Waals surface area contributed by atoms with E-state index < -0.39 is 19.0 Å². The van der Waals surface area contributed by atoms with Crippen molar-refractivity contribution in [1.82, 2.24) is 10.6 Å². The van der Waals surface area contributed by atoms with Gasteiger partial charge in [-0.05, 0) is 55.6 Å².